The zero-order chi connectivity index (χ0) is 18.4. The van der Waals surface area contributed by atoms with Crippen molar-refractivity contribution < 1.29 is 14.3 Å². The molecule has 0 bridgehead atoms. The molecule has 2 aromatic carbocycles. The molecule has 0 saturated carbocycles. The Hall–Kier alpha value is -3.42. The fraction of sp³-hybridized carbons (Fsp3) is 0.222. The molecule has 8 nitrogen and oxygen atoms in total. The third kappa shape index (κ3) is 3.97. The summed E-state index contributed by atoms with van der Waals surface area (Å²) in [5.74, 6) is 1.20. The smallest absolute Gasteiger partial charge is 0.251 e. The summed E-state index contributed by atoms with van der Waals surface area (Å²) >= 11 is 0. The Morgan fingerprint density at radius 1 is 1.12 bits per heavy atom. The van der Waals surface area contributed by atoms with E-state index in [-0.39, 0.29) is 5.91 Å². The highest BCUT2D eigenvalue weighted by Gasteiger charge is 2.08. The second-order valence-electron chi connectivity index (χ2n) is 5.50. The van der Waals surface area contributed by atoms with Gasteiger partial charge in [-0.3, -0.25) is 4.79 Å². The van der Waals surface area contributed by atoms with E-state index in [9.17, 15) is 4.79 Å². The van der Waals surface area contributed by atoms with Crippen LogP contribution in [0.3, 0.4) is 0 Å². The first-order valence-electron chi connectivity index (χ1n) is 8.04. The van der Waals surface area contributed by atoms with Gasteiger partial charge in [-0.05, 0) is 52.7 Å². The summed E-state index contributed by atoms with van der Waals surface area (Å²) in [6, 6.07) is 12.8. The number of ether oxygens (including phenoxy) is 2. The van der Waals surface area contributed by atoms with Crippen molar-refractivity contribution in [1.29, 1.82) is 0 Å². The summed E-state index contributed by atoms with van der Waals surface area (Å²) in [6.45, 7) is 0.503. The van der Waals surface area contributed by atoms with Gasteiger partial charge in [-0.2, -0.15) is 0 Å². The summed E-state index contributed by atoms with van der Waals surface area (Å²) in [5.41, 5.74) is 2.32. The van der Waals surface area contributed by atoms with Crippen molar-refractivity contribution in [2.45, 2.75) is 6.42 Å². The van der Waals surface area contributed by atoms with E-state index in [0.717, 1.165) is 11.3 Å². The maximum atomic E-state index is 12.4. The van der Waals surface area contributed by atoms with E-state index in [2.05, 4.69) is 20.8 Å². The molecule has 3 rings (SSSR count). The average Bonchev–Trinajstić information content (AvgIpc) is 3.22. The molecule has 0 fully saturated rings. The number of tetrazole rings is 1. The molecule has 134 valence electrons. The predicted molar refractivity (Wildman–Crippen MR) is 94.7 cm³/mol. The van der Waals surface area contributed by atoms with Gasteiger partial charge in [-0.1, -0.05) is 12.1 Å². The number of benzene rings is 2. The molecule has 0 unspecified atom stereocenters. The lowest BCUT2D eigenvalue weighted by atomic mass is 10.1. The highest BCUT2D eigenvalue weighted by Crippen LogP contribution is 2.27. The SMILES string of the molecule is COc1ccc(CCNC(=O)c2cccc(-n3cnnn3)c2)cc1OC. The van der Waals surface area contributed by atoms with E-state index in [1.54, 1.807) is 32.4 Å². The summed E-state index contributed by atoms with van der Waals surface area (Å²) in [4.78, 5) is 12.4. The Kier molecular flexibility index (Phi) is 5.43. The lowest BCUT2D eigenvalue weighted by Gasteiger charge is -2.10. The van der Waals surface area contributed by atoms with Crippen LogP contribution in [0.5, 0.6) is 11.5 Å². The van der Waals surface area contributed by atoms with Gasteiger partial charge in [0.05, 0.1) is 19.9 Å². The minimum atomic E-state index is -0.152. The van der Waals surface area contributed by atoms with Gasteiger partial charge in [-0.15, -0.1) is 5.10 Å². The topological polar surface area (TPSA) is 91.2 Å². The first-order chi connectivity index (χ1) is 12.7. The number of nitrogens with one attached hydrogen (secondary N) is 1. The second kappa shape index (κ2) is 8.11. The molecule has 1 N–H and O–H groups in total. The predicted octanol–water partition coefficient (Wildman–Crippen LogP) is 1.65. The summed E-state index contributed by atoms with van der Waals surface area (Å²) < 4.78 is 12.0. The molecular weight excluding hydrogens is 334 g/mol. The summed E-state index contributed by atoms with van der Waals surface area (Å²) in [6.07, 6.45) is 2.16. The Labute approximate surface area is 150 Å². The van der Waals surface area contributed by atoms with Crippen molar-refractivity contribution in [2.24, 2.45) is 0 Å². The van der Waals surface area contributed by atoms with Crippen LogP contribution in [0.4, 0.5) is 0 Å². The van der Waals surface area contributed by atoms with Crippen molar-refractivity contribution in [1.82, 2.24) is 25.5 Å². The molecule has 0 atom stereocenters. The number of carbonyl (C=O) groups excluding carboxylic acids is 1. The normalized spacial score (nSPS) is 10.4. The Bertz CT molecular complexity index is 880. The van der Waals surface area contributed by atoms with Crippen molar-refractivity contribution in [3.05, 3.63) is 59.9 Å². The number of hydrogen-bond donors (Lipinski definition) is 1. The van der Waals surface area contributed by atoms with E-state index in [0.29, 0.717) is 30.0 Å². The molecule has 0 saturated heterocycles. The van der Waals surface area contributed by atoms with Crippen LogP contribution in [-0.2, 0) is 6.42 Å². The first-order valence-corrected chi connectivity index (χ1v) is 8.04. The van der Waals surface area contributed by atoms with Crippen LogP contribution in [0.2, 0.25) is 0 Å². The van der Waals surface area contributed by atoms with Crippen molar-refractivity contribution >= 4 is 5.91 Å². The fourth-order valence-electron chi connectivity index (χ4n) is 2.53. The van der Waals surface area contributed by atoms with E-state index in [4.69, 9.17) is 9.47 Å². The minimum Gasteiger partial charge on any atom is -0.493 e. The number of carbonyl (C=O) groups is 1. The number of nitrogens with zero attached hydrogens (tertiary/aromatic N) is 4. The maximum Gasteiger partial charge on any atom is 0.251 e. The number of hydrogen-bond acceptors (Lipinski definition) is 6. The molecule has 8 heteroatoms. The van der Waals surface area contributed by atoms with Gasteiger partial charge in [0.2, 0.25) is 0 Å². The summed E-state index contributed by atoms with van der Waals surface area (Å²) in [7, 11) is 3.20. The van der Waals surface area contributed by atoms with Crippen LogP contribution in [-0.4, -0.2) is 46.9 Å². The zero-order valence-corrected chi connectivity index (χ0v) is 14.5. The number of rotatable bonds is 7. The minimum absolute atomic E-state index is 0.152. The molecule has 0 aliphatic carbocycles. The largest absolute Gasteiger partial charge is 0.493 e. The van der Waals surface area contributed by atoms with Crippen molar-refractivity contribution in [3.8, 4) is 17.2 Å². The fourth-order valence-corrected chi connectivity index (χ4v) is 2.53. The van der Waals surface area contributed by atoms with Crippen molar-refractivity contribution in [2.75, 3.05) is 20.8 Å². The van der Waals surface area contributed by atoms with Crippen LogP contribution < -0.4 is 14.8 Å². The average molecular weight is 353 g/mol. The van der Waals surface area contributed by atoms with Crippen LogP contribution in [0.15, 0.2) is 48.8 Å². The Morgan fingerprint density at radius 2 is 1.96 bits per heavy atom. The number of amides is 1. The van der Waals surface area contributed by atoms with Crippen LogP contribution in [0.1, 0.15) is 15.9 Å². The lowest BCUT2D eigenvalue weighted by molar-refractivity contribution is 0.0954. The first kappa shape index (κ1) is 17.4. The highest BCUT2D eigenvalue weighted by atomic mass is 16.5. The Morgan fingerprint density at radius 3 is 2.69 bits per heavy atom. The Balaban J connectivity index is 1.60. The zero-order valence-electron chi connectivity index (χ0n) is 14.5. The monoisotopic (exact) mass is 353 g/mol. The highest BCUT2D eigenvalue weighted by molar-refractivity contribution is 5.94. The van der Waals surface area contributed by atoms with Gasteiger partial charge < -0.3 is 14.8 Å². The van der Waals surface area contributed by atoms with E-state index in [1.807, 2.05) is 24.3 Å². The molecule has 0 radical (unpaired) electrons. The van der Waals surface area contributed by atoms with E-state index < -0.39 is 0 Å². The van der Waals surface area contributed by atoms with Crippen LogP contribution in [0.25, 0.3) is 5.69 Å². The number of aromatic nitrogens is 4. The third-order valence-corrected chi connectivity index (χ3v) is 3.87. The quantitative estimate of drug-likeness (QED) is 0.694. The van der Waals surface area contributed by atoms with E-state index in [1.165, 1.54) is 11.0 Å². The van der Waals surface area contributed by atoms with Gasteiger partial charge in [0.25, 0.3) is 5.91 Å². The van der Waals surface area contributed by atoms with Gasteiger partial charge in [0.15, 0.2) is 11.5 Å². The van der Waals surface area contributed by atoms with Gasteiger partial charge >= 0.3 is 0 Å². The molecule has 1 heterocycles. The third-order valence-electron chi connectivity index (χ3n) is 3.87. The summed E-state index contributed by atoms with van der Waals surface area (Å²) in [5, 5.41) is 13.9. The molecular formula is C18H19N5O3. The number of methoxy groups -OCH3 is 2. The molecule has 26 heavy (non-hydrogen) atoms. The van der Waals surface area contributed by atoms with Gasteiger partial charge in [0.1, 0.15) is 6.33 Å². The van der Waals surface area contributed by atoms with Crippen LogP contribution in [0, 0.1) is 0 Å². The second-order valence-corrected chi connectivity index (χ2v) is 5.50. The van der Waals surface area contributed by atoms with Crippen molar-refractivity contribution in [3.63, 3.8) is 0 Å². The lowest BCUT2D eigenvalue weighted by Crippen LogP contribution is -2.25. The molecule has 3 aromatic rings. The van der Waals surface area contributed by atoms with Crippen LogP contribution >= 0.6 is 0 Å². The molecule has 0 aliphatic rings. The standard InChI is InChI=1S/C18H19N5O3/c1-25-16-7-6-13(10-17(16)26-2)8-9-19-18(24)14-4-3-5-15(11-14)23-12-20-21-22-23/h3-7,10-12H,8-9H2,1-2H3,(H,19,24). The molecule has 1 amide bonds. The molecule has 1 aromatic heterocycles. The molecule has 0 aliphatic heterocycles. The van der Waals surface area contributed by atoms with E-state index >= 15 is 0 Å². The van der Waals surface area contributed by atoms with Gasteiger partial charge in [0, 0.05) is 12.1 Å². The molecule has 0 spiro atoms. The van der Waals surface area contributed by atoms with Gasteiger partial charge in [-0.25, -0.2) is 4.68 Å². The maximum absolute atomic E-state index is 12.4.